The van der Waals surface area contributed by atoms with Gasteiger partial charge in [-0.2, -0.15) is 5.10 Å². The van der Waals surface area contributed by atoms with Gasteiger partial charge in [0.05, 0.1) is 17.1 Å². The average Bonchev–Trinajstić information content (AvgIpc) is 3.52. The highest BCUT2D eigenvalue weighted by molar-refractivity contribution is 7.91. The summed E-state index contributed by atoms with van der Waals surface area (Å²) in [5.74, 6) is 0. The molecule has 4 N–H and O–H groups in total. The summed E-state index contributed by atoms with van der Waals surface area (Å²) in [6.07, 6.45) is 5.48. The van der Waals surface area contributed by atoms with E-state index in [9.17, 15) is 14.1 Å². The first-order chi connectivity index (χ1) is 16.1. The van der Waals surface area contributed by atoms with Crippen molar-refractivity contribution in [1.82, 2.24) is 14.8 Å². The fourth-order valence-corrected chi connectivity index (χ4v) is 5.61. The van der Waals surface area contributed by atoms with Crippen molar-refractivity contribution in [2.45, 2.75) is 63.0 Å². The first kappa shape index (κ1) is 22.7. The zero-order valence-corrected chi connectivity index (χ0v) is 20.1. The van der Waals surface area contributed by atoms with E-state index < -0.39 is 21.5 Å². The Morgan fingerprint density at radius 1 is 1.12 bits per heavy atom. The summed E-state index contributed by atoms with van der Waals surface area (Å²) in [6, 6.07) is 9.78. The number of hydrogen-bond donors (Lipinski definition) is 3. The molecule has 2 aliphatic carbocycles. The Bertz CT molecular complexity index is 1370. The van der Waals surface area contributed by atoms with E-state index in [0.29, 0.717) is 11.4 Å². The molecule has 9 nitrogen and oxygen atoms in total. The molecule has 0 saturated carbocycles. The molecular weight excluding hydrogens is 452 g/mol. The molecule has 0 radical (unpaired) electrons. The van der Waals surface area contributed by atoms with Gasteiger partial charge in [-0.25, -0.2) is 18.8 Å². The molecule has 0 fully saturated rings. The number of aryl methyl sites for hydroxylation is 2. The van der Waals surface area contributed by atoms with Crippen LogP contribution in [-0.4, -0.2) is 30.1 Å². The molecule has 2 aromatic heterocycles. The van der Waals surface area contributed by atoms with Crippen molar-refractivity contribution >= 4 is 21.6 Å². The lowest BCUT2D eigenvalue weighted by atomic mass is 10.1. The van der Waals surface area contributed by atoms with Crippen molar-refractivity contribution in [2.24, 2.45) is 9.50 Å². The standard InChI is InChI=1S/C24H28N6O3S/c1-24(2,32)20-14-21(28-30(20)15-8-4-3-5-9-15)34(25,33)29-23(31)27-22-16-10-6-12-18(16)26-19-13-7-11-17(19)22/h3-5,8-9,14,32H,6-7,10-13H2,1-2H3,(H3,25,26,27,29,31,33)/t34-/m0/s1. The second-order valence-corrected chi connectivity index (χ2v) is 11.0. The number of fused-ring (bicyclic) bond motifs is 2. The fraction of sp³-hybridized carbons (Fsp3) is 0.375. The van der Waals surface area contributed by atoms with Crippen molar-refractivity contribution in [3.63, 3.8) is 0 Å². The summed E-state index contributed by atoms with van der Waals surface area (Å²) in [4.78, 5) is 17.7. The number of aromatic nitrogens is 3. The van der Waals surface area contributed by atoms with Crippen molar-refractivity contribution in [1.29, 1.82) is 0 Å². The van der Waals surface area contributed by atoms with E-state index in [-0.39, 0.29) is 5.03 Å². The summed E-state index contributed by atoms with van der Waals surface area (Å²) in [5.41, 5.74) is 4.65. The number of anilines is 1. The van der Waals surface area contributed by atoms with Crippen LogP contribution in [-0.2, 0) is 41.2 Å². The summed E-state index contributed by atoms with van der Waals surface area (Å²) >= 11 is 0. The quantitative estimate of drug-likeness (QED) is 0.526. The van der Waals surface area contributed by atoms with Gasteiger partial charge in [-0.1, -0.05) is 18.2 Å². The maximum absolute atomic E-state index is 13.4. The third-order valence-electron chi connectivity index (χ3n) is 6.32. The number of aliphatic hydroxyl groups is 1. The number of hydrogen-bond acceptors (Lipinski definition) is 5. The number of pyridine rings is 1. The van der Waals surface area contributed by atoms with E-state index in [1.165, 1.54) is 10.7 Å². The van der Waals surface area contributed by atoms with Crippen LogP contribution >= 0.6 is 0 Å². The van der Waals surface area contributed by atoms with Crippen molar-refractivity contribution in [2.75, 3.05) is 5.32 Å². The third kappa shape index (κ3) is 4.13. The number of benzene rings is 1. The minimum Gasteiger partial charge on any atom is -0.384 e. The molecule has 34 heavy (non-hydrogen) atoms. The molecule has 0 spiro atoms. The predicted octanol–water partition coefficient (Wildman–Crippen LogP) is 3.40. The number of nitrogens with zero attached hydrogens (tertiary/aromatic N) is 4. The number of rotatable bonds is 4. The lowest BCUT2D eigenvalue weighted by molar-refractivity contribution is 0.0711. The largest absolute Gasteiger partial charge is 0.384 e. The van der Waals surface area contributed by atoms with Crippen LogP contribution in [0.3, 0.4) is 0 Å². The Hall–Kier alpha value is -3.08. The van der Waals surface area contributed by atoms with Gasteiger partial charge in [0.1, 0.15) is 5.60 Å². The smallest absolute Gasteiger partial charge is 0.354 e. The number of para-hydroxylation sites is 1. The van der Waals surface area contributed by atoms with Gasteiger partial charge in [0.25, 0.3) is 0 Å². The number of amides is 2. The first-order valence-electron chi connectivity index (χ1n) is 11.4. The van der Waals surface area contributed by atoms with Gasteiger partial charge < -0.3 is 10.4 Å². The van der Waals surface area contributed by atoms with Gasteiger partial charge in [0.2, 0.25) is 0 Å². The summed E-state index contributed by atoms with van der Waals surface area (Å²) in [5, 5.41) is 23.9. The normalized spacial score (nSPS) is 16.6. The molecule has 10 heteroatoms. The summed E-state index contributed by atoms with van der Waals surface area (Å²) < 4.78 is 18.7. The lowest BCUT2D eigenvalue weighted by Gasteiger charge is -2.18. The zero-order chi connectivity index (χ0) is 24.1. The van der Waals surface area contributed by atoms with Crippen LogP contribution < -0.4 is 10.5 Å². The van der Waals surface area contributed by atoms with Crippen molar-refractivity contribution in [3.05, 3.63) is 64.6 Å². The molecule has 2 amide bonds. The van der Waals surface area contributed by atoms with Crippen molar-refractivity contribution in [3.8, 4) is 5.69 Å². The molecule has 2 heterocycles. The second kappa shape index (κ2) is 8.30. The third-order valence-corrected chi connectivity index (χ3v) is 7.55. The number of carbonyl (C=O) groups is 1. The van der Waals surface area contributed by atoms with Crippen molar-refractivity contribution < 1.29 is 14.1 Å². The van der Waals surface area contributed by atoms with E-state index in [1.54, 1.807) is 26.0 Å². The van der Waals surface area contributed by atoms with Gasteiger partial charge in [-0.05, 0) is 75.6 Å². The first-order valence-corrected chi connectivity index (χ1v) is 13.0. The molecule has 0 aliphatic heterocycles. The van der Waals surface area contributed by atoms with E-state index in [1.807, 2.05) is 18.2 Å². The maximum atomic E-state index is 13.4. The highest BCUT2D eigenvalue weighted by Gasteiger charge is 2.29. The highest BCUT2D eigenvalue weighted by atomic mass is 32.2. The molecular formula is C24H28N6O3S. The lowest BCUT2D eigenvalue weighted by Crippen LogP contribution is -2.20. The topological polar surface area (TPSA) is 135 Å². The SMILES string of the molecule is CC(C)(O)c1cc([S@@](N)(=O)=NC(=O)Nc2c3c(nc4c2CCC4)CCC3)nn1-c1ccccc1. The Balaban J connectivity index is 1.51. The van der Waals surface area contributed by atoms with Crippen LogP contribution in [0.2, 0.25) is 0 Å². The van der Waals surface area contributed by atoms with Crippen LogP contribution in [0.25, 0.3) is 5.69 Å². The molecule has 178 valence electrons. The van der Waals surface area contributed by atoms with E-state index in [2.05, 4.69) is 14.8 Å². The van der Waals surface area contributed by atoms with E-state index in [0.717, 1.165) is 66.7 Å². The molecule has 1 aromatic carbocycles. The number of nitrogens with two attached hydrogens (primary N) is 1. The van der Waals surface area contributed by atoms with Gasteiger partial charge >= 0.3 is 6.03 Å². The van der Waals surface area contributed by atoms with E-state index in [4.69, 9.17) is 10.1 Å². The fourth-order valence-electron chi connectivity index (χ4n) is 4.74. The molecule has 0 bridgehead atoms. The number of nitrogens with one attached hydrogen (secondary N) is 1. The maximum Gasteiger partial charge on any atom is 0.354 e. The van der Waals surface area contributed by atoms with Crippen LogP contribution in [0.4, 0.5) is 10.5 Å². The molecule has 0 unspecified atom stereocenters. The predicted molar refractivity (Wildman–Crippen MR) is 129 cm³/mol. The zero-order valence-electron chi connectivity index (χ0n) is 19.2. The van der Waals surface area contributed by atoms with E-state index >= 15 is 0 Å². The molecule has 2 aliphatic rings. The molecule has 3 aromatic rings. The minimum absolute atomic E-state index is 0.0752. The van der Waals surface area contributed by atoms with Gasteiger partial charge in [-0.15, -0.1) is 4.36 Å². The Morgan fingerprint density at radius 3 is 2.32 bits per heavy atom. The van der Waals surface area contributed by atoms with Gasteiger partial charge in [-0.3, -0.25) is 4.98 Å². The highest BCUT2D eigenvalue weighted by Crippen LogP contribution is 2.36. The second-order valence-electron chi connectivity index (χ2n) is 9.31. The summed E-state index contributed by atoms with van der Waals surface area (Å²) in [6.45, 7) is 3.19. The Labute approximate surface area is 198 Å². The average molecular weight is 481 g/mol. The molecule has 1 atom stereocenters. The minimum atomic E-state index is -3.67. The molecule has 0 saturated heterocycles. The van der Waals surface area contributed by atoms with Crippen LogP contribution in [0.5, 0.6) is 0 Å². The number of carbonyl (C=O) groups excluding carboxylic acids is 1. The van der Waals surface area contributed by atoms with Gasteiger partial charge in [0.15, 0.2) is 14.9 Å². The van der Waals surface area contributed by atoms with Gasteiger partial charge in [0, 0.05) is 17.5 Å². The molecule has 5 rings (SSSR count). The number of urea groups is 1. The summed E-state index contributed by atoms with van der Waals surface area (Å²) in [7, 11) is -3.67. The van der Waals surface area contributed by atoms with Crippen LogP contribution in [0.1, 0.15) is 54.9 Å². The van der Waals surface area contributed by atoms with Crippen LogP contribution in [0, 0.1) is 0 Å². The Morgan fingerprint density at radius 2 is 1.74 bits per heavy atom. The monoisotopic (exact) mass is 480 g/mol. The Kier molecular flexibility index (Phi) is 5.54. The van der Waals surface area contributed by atoms with Crippen LogP contribution in [0.15, 0.2) is 45.8 Å².